The van der Waals surface area contributed by atoms with E-state index in [0.29, 0.717) is 6.04 Å². The van der Waals surface area contributed by atoms with E-state index in [1.807, 2.05) is 16.9 Å². The summed E-state index contributed by atoms with van der Waals surface area (Å²) in [4.78, 5) is 4.63. The molecule has 0 fully saturated rings. The van der Waals surface area contributed by atoms with Gasteiger partial charge in [0, 0.05) is 18.8 Å². The van der Waals surface area contributed by atoms with Crippen LogP contribution in [0.15, 0.2) is 36.7 Å². The van der Waals surface area contributed by atoms with Crippen LogP contribution in [0.1, 0.15) is 17.5 Å². The molecule has 2 aromatic heterocycles. The first-order valence-corrected chi connectivity index (χ1v) is 7.59. The van der Waals surface area contributed by atoms with Crippen molar-refractivity contribution in [3.8, 4) is 0 Å². The Hall–Kier alpha value is -1.72. The molecule has 1 N–H and O–H groups in total. The van der Waals surface area contributed by atoms with Gasteiger partial charge in [0.15, 0.2) is 0 Å². The second-order valence-electron chi connectivity index (χ2n) is 5.10. The molecule has 20 heavy (non-hydrogen) atoms. The third-order valence-corrected chi connectivity index (χ3v) is 4.20. The molecule has 3 aromatic rings. The van der Waals surface area contributed by atoms with Crippen LogP contribution >= 0.6 is 11.3 Å². The molecule has 0 unspecified atom stereocenters. The van der Waals surface area contributed by atoms with E-state index >= 15 is 0 Å². The van der Waals surface area contributed by atoms with Crippen molar-refractivity contribution in [3.63, 3.8) is 0 Å². The Balaban J connectivity index is 1.58. The van der Waals surface area contributed by atoms with E-state index in [-0.39, 0.29) is 0 Å². The van der Waals surface area contributed by atoms with E-state index in [0.717, 1.165) is 23.6 Å². The van der Waals surface area contributed by atoms with E-state index in [1.165, 1.54) is 10.3 Å². The molecule has 0 saturated carbocycles. The summed E-state index contributed by atoms with van der Waals surface area (Å²) in [5.41, 5.74) is 2.29. The van der Waals surface area contributed by atoms with Crippen LogP contribution in [0.25, 0.3) is 10.2 Å². The molecule has 0 saturated heterocycles. The molecule has 3 rings (SSSR count). The maximum atomic E-state index is 4.63. The van der Waals surface area contributed by atoms with Crippen molar-refractivity contribution in [1.29, 1.82) is 0 Å². The summed E-state index contributed by atoms with van der Waals surface area (Å²) >= 11 is 1.75. The van der Waals surface area contributed by atoms with Gasteiger partial charge in [0.1, 0.15) is 5.01 Å². The van der Waals surface area contributed by atoms with Crippen molar-refractivity contribution >= 4 is 21.6 Å². The van der Waals surface area contributed by atoms with Crippen LogP contribution in [0.3, 0.4) is 0 Å². The molecule has 0 spiro atoms. The Morgan fingerprint density at radius 1 is 1.35 bits per heavy atom. The van der Waals surface area contributed by atoms with Gasteiger partial charge in [-0.2, -0.15) is 5.10 Å². The maximum absolute atomic E-state index is 4.63. The lowest BCUT2D eigenvalue weighted by atomic mass is 10.3. The average Bonchev–Trinajstić information content (AvgIpc) is 3.02. The van der Waals surface area contributed by atoms with Crippen LogP contribution in [0.5, 0.6) is 0 Å². The van der Waals surface area contributed by atoms with Crippen LogP contribution in [-0.2, 0) is 13.1 Å². The van der Waals surface area contributed by atoms with Crippen molar-refractivity contribution in [2.45, 2.75) is 33.0 Å². The third kappa shape index (κ3) is 3.05. The highest BCUT2D eigenvalue weighted by Gasteiger charge is 2.07. The minimum Gasteiger partial charge on any atom is -0.306 e. The summed E-state index contributed by atoms with van der Waals surface area (Å²) in [5.74, 6) is 0. The molecule has 0 amide bonds. The molecule has 0 aliphatic rings. The molecule has 0 bridgehead atoms. The summed E-state index contributed by atoms with van der Waals surface area (Å²) in [5, 5.41) is 8.95. The molecule has 104 valence electrons. The van der Waals surface area contributed by atoms with Crippen LogP contribution in [-0.4, -0.2) is 20.8 Å². The Morgan fingerprint density at radius 2 is 2.20 bits per heavy atom. The molecular weight excluding hydrogens is 268 g/mol. The number of para-hydroxylation sites is 1. The number of nitrogens with zero attached hydrogens (tertiary/aromatic N) is 3. The Labute approximate surface area is 122 Å². The lowest BCUT2D eigenvalue weighted by molar-refractivity contribution is 0.450. The highest BCUT2D eigenvalue weighted by molar-refractivity contribution is 7.18. The highest BCUT2D eigenvalue weighted by atomic mass is 32.1. The van der Waals surface area contributed by atoms with E-state index < -0.39 is 0 Å². The standard InChI is InChI=1S/C15H18N4S/c1-11-7-17-19(9-11)10-12(2)16-8-15-18-13-5-3-4-6-14(13)20-15/h3-7,9,12,16H,8,10H2,1-2H3/t12-/m1/s1. The number of aryl methyl sites for hydroxylation is 1. The molecule has 4 nitrogen and oxygen atoms in total. The molecular formula is C15H18N4S. The van der Waals surface area contributed by atoms with Crippen LogP contribution < -0.4 is 5.32 Å². The van der Waals surface area contributed by atoms with Crippen LogP contribution in [0, 0.1) is 6.92 Å². The molecule has 0 radical (unpaired) electrons. The maximum Gasteiger partial charge on any atom is 0.108 e. The predicted molar refractivity (Wildman–Crippen MR) is 82.9 cm³/mol. The quantitative estimate of drug-likeness (QED) is 0.784. The monoisotopic (exact) mass is 286 g/mol. The highest BCUT2D eigenvalue weighted by Crippen LogP contribution is 2.21. The summed E-state index contributed by atoms with van der Waals surface area (Å²) in [6.07, 6.45) is 3.95. The fraction of sp³-hybridized carbons (Fsp3) is 0.333. The molecule has 2 heterocycles. The summed E-state index contributed by atoms with van der Waals surface area (Å²) in [7, 11) is 0. The number of nitrogens with one attached hydrogen (secondary N) is 1. The van der Waals surface area contributed by atoms with Gasteiger partial charge in [0.2, 0.25) is 0 Å². The second-order valence-corrected chi connectivity index (χ2v) is 6.21. The molecule has 1 aromatic carbocycles. The zero-order valence-electron chi connectivity index (χ0n) is 11.7. The van der Waals surface area contributed by atoms with Gasteiger partial charge in [-0.15, -0.1) is 11.3 Å². The molecule has 1 atom stereocenters. The zero-order chi connectivity index (χ0) is 13.9. The van der Waals surface area contributed by atoms with Gasteiger partial charge >= 0.3 is 0 Å². The smallest absolute Gasteiger partial charge is 0.108 e. The van der Waals surface area contributed by atoms with Gasteiger partial charge in [-0.25, -0.2) is 4.98 Å². The predicted octanol–water partition coefficient (Wildman–Crippen LogP) is 2.98. The van der Waals surface area contributed by atoms with Crippen LogP contribution in [0.2, 0.25) is 0 Å². The average molecular weight is 286 g/mol. The van der Waals surface area contributed by atoms with Gasteiger partial charge in [-0.3, -0.25) is 4.68 Å². The van der Waals surface area contributed by atoms with E-state index in [1.54, 1.807) is 11.3 Å². The van der Waals surface area contributed by atoms with Gasteiger partial charge < -0.3 is 5.32 Å². The van der Waals surface area contributed by atoms with Gasteiger partial charge in [-0.1, -0.05) is 12.1 Å². The zero-order valence-corrected chi connectivity index (χ0v) is 12.5. The minimum atomic E-state index is 0.362. The normalized spacial score (nSPS) is 12.9. The first-order chi connectivity index (χ1) is 9.70. The molecule has 0 aliphatic heterocycles. The molecule has 0 aliphatic carbocycles. The van der Waals surface area contributed by atoms with Crippen molar-refractivity contribution in [2.24, 2.45) is 0 Å². The number of fused-ring (bicyclic) bond motifs is 1. The Kier molecular flexibility index (Phi) is 3.80. The summed E-state index contributed by atoms with van der Waals surface area (Å²) in [6.45, 7) is 5.91. The number of thiazole rings is 1. The number of aromatic nitrogens is 3. The first kappa shape index (κ1) is 13.3. The van der Waals surface area contributed by atoms with E-state index in [2.05, 4.69) is 53.6 Å². The summed E-state index contributed by atoms with van der Waals surface area (Å²) < 4.78 is 3.23. The van der Waals surface area contributed by atoms with E-state index in [9.17, 15) is 0 Å². The number of hydrogen-bond acceptors (Lipinski definition) is 4. The Morgan fingerprint density at radius 3 is 2.95 bits per heavy atom. The second kappa shape index (κ2) is 5.73. The fourth-order valence-corrected chi connectivity index (χ4v) is 3.09. The first-order valence-electron chi connectivity index (χ1n) is 6.77. The van der Waals surface area contributed by atoms with E-state index in [4.69, 9.17) is 0 Å². The van der Waals surface area contributed by atoms with Crippen molar-refractivity contribution in [2.75, 3.05) is 0 Å². The fourth-order valence-electron chi connectivity index (χ4n) is 2.17. The number of rotatable bonds is 5. The van der Waals surface area contributed by atoms with Gasteiger partial charge in [-0.05, 0) is 31.5 Å². The van der Waals surface area contributed by atoms with Crippen LogP contribution in [0.4, 0.5) is 0 Å². The summed E-state index contributed by atoms with van der Waals surface area (Å²) in [6, 6.07) is 8.63. The largest absolute Gasteiger partial charge is 0.306 e. The lowest BCUT2D eigenvalue weighted by Gasteiger charge is -2.12. The topological polar surface area (TPSA) is 42.7 Å². The minimum absolute atomic E-state index is 0.362. The SMILES string of the molecule is Cc1cnn(C[C@@H](C)NCc2nc3ccccc3s2)c1. The molecule has 5 heteroatoms. The van der Waals surface area contributed by atoms with Crippen molar-refractivity contribution in [3.05, 3.63) is 47.2 Å². The van der Waals surface area contributed by atoms with Gasteiger partial charge in [0.05, 0.1) is 23.0 Å². The lowest BCUT2D eigenvalue weighted by Crippen LogP contribution is -2.30. The van der Waals surface area contributed by atoms with Crippen molar-refractivity contribution < 1.29 is 0 Å². The van der Waals surface area contributed by atoms with Crippen molar-refractivity contribution in [1.82, 2.24) is 20.1 Å². The third-order valence-electron chi connectivity index (χ3n) is 3.16. The number of benzene rings is 1. The number of hydrogen-bond donors (Lipinski definition) is 1. The van der Waals surface area contributed by atoms with Gasteiger partial charge in [0.25, 0.3) is 0 Å². The Bertz CT molecular complexity index is 668.